The van der Waals surface area contributed by atoms with Crippen LogP contribution in [0.2, 0.25) is 5.02 Å². The van der Waals surface area contributed by atoms with Gasteiger partial charge in [-0.2, -0.15) is 4.39 Å². The second-order valence-electron chi connectivity index (χ2n) is 8.48. The molecule has 0 saturated carbocycles. The van der Waals surface area contributed by atoms with Crippen molar-refractivity contribution in [2.75, 3.05) is 42.5 Å². The maximum atomic E-state index is 13.6. The number of pyridine rings is 1. The van der Waals surface area contributed by atoms with Crippen LogP contribution in [-0.2, 0) is 6.42 Å². The summed E-state index contributed by atoms with van der Waals surface area (Å²) in [4.78, 5) is 10.9. The van der Waals surface area contributed by atoms with Crippen molar-refractivity contribution < 1.29 is 4.39 Å². The van der Waals surface area contributed by atoms with E-state index in [4.69, 9.17) is 11.6 Å². The van der Waals surface area contributed by atoms with Gasteiger partial charge in [0.05, 0.1) is 0 Å². The molecule has 3 aliphatic rings. The van der Waals surface area contributed by atoms with E-state index in [2.05, 4.69) is 38.4 Å². The average Bonchev–Trinajstić information content (AvgIpc) is 2.57. The van der Waals surface area contributed by atoms with Crippen LogP contribution in [0, 0.1) is 18.3 Å². The third-order valence-electron chi connectivity index (χ3n) is 6.19. The predicted molar refractivity (Wildman–Crippen MR) is 111 cm³/mol. The summed E-state index contributed by atoms with van der Waals surface area (Å²) in [6.45, 7) is 11.1. The van der Waals surface area contributed by atoms with Crippen molar-refractivity contribution in [3.63, 3.8) is 0 Å². The molecule has 1 spiro atoms. The molecule has 0 aliphatic carbocycles. The number of likely N-dealkylation sites (tertiary alicyclic amines) is 1. The third kappa shape index (κ3) is 2.93. The van der Waals surface area contributed by atoms with Crippen LogP contribution in [0.3, 0.4) is 0 Å². The van der Waals surface area contributed by atoms with E-state index in [0.717, 1.165) is 67.8 Å². The summed E-state index contributed by atoms with van der Waals surface area (Å²) in [7, 11) is 0. The Balaban J connectivity index is 1.23. The minimum atomic E-state index is -0.400. The normalized spacial score (nSPS) is 19.9. The van der Waals surface area contributed by atoms with Gasteiger partial charge in [0.25, 0.3) is 0 Å². The Kier molecular flexibility index (Phi) is 4.05. The van der Waals surface area contributed by atoms with E-state index in [1.807, 2.05) is 19.1 Å². The molecule has 28 heavy (non-hydrogen) atoms. The molecule has 4 heterocycles. The fourth-order valence-electron chi connectivity index (χ4n) is 4.85. The summed E-state index contributed by atoms with van der Waals surface area (Å²) in [6.07, 6.45) is 2.18. The van der Waals surface area contributed by atoms with E-state index < -0.39 is 5.95 Å². The number of rotatable bonds is 3. The molecule has 6 heteroatoms. The molecule has 0 bridgehead atoms. The summed E-state index contributed by atoms with van der Waals surface area (Å²) in [5.41, 5.74) is 3.73. The molecular formula is C22H24ClFN4. The van der Waals surface area contributed by atoms with Gasteiger partial charge in [0.1, 0.15) is 11.6 Å². The number of halogens is 2. The Morgan fingerprint density at radius 2 is 1.96 bits per heavy atom. The molecule has 1 aromatic carbocycles. The highest BCUT2D eigenvalue weighted by Crippen LogP contribution is 2.44. The quantitative estimate of drug-likeness (QED) is 0.721. The van der Waals surface area contributed by atoms with Gasteiger partial charge in [-0.25, -0.2) is 4.98 Å². The van der Waals surface area contributed by atoms with Gasteiger partial charge in [-0.05, 0) is 61.2 Å². The van der Waals surface area contributed by atoms with E-state index in [9.17, 15) is 4.39 Å². The molecule has 0 radical (unpaired) electrons. The van der Waals surface area contributed by atoms with E-state index >= 15 is 0 Å². The number of hydrogen-bond donors (Lipinski definition) is 0. The Labute approximate surface area is 170 Å². The number of nitrogens with zero attached hydrogens (tertiary/aromatic N) is 4. The zero-order chi connectivity index (χ0) is 19.5. The average molecular weight is 399 g/mol. The molecular weight excluding hydrogens is 375 g/mol. The first-order valence-corrected chi connectivity index (χ1v) is 10.2. The predicted octanol–water partition coefficient (Wildman–Crippen LogP) is 4.23. The first-order valence-electron chi connectivity index (χ1n) is 9.81. The van der Waals surface area contributed by atoms with Gasteiger partial charge in [-0.15, -0.1) is 0 Å². The summed E-state index contributed by atoms with van der Waals surface area (Å²) < 4.78 is 13.6. The Hall–Kier alpha value is -2.27. The van der Waals surface area contributed by atoms with E-state index in [1.165, 1.54) is 17.3 Å². The molecule has 4 nitrogen and oxygen atoms in total. The van der Waals surface area contributed by atoms with Crippen molar-refractivity contribution in [3.8, 4) is 0 Å². The number of fused-ring (bicyclic) bond motifs is 1. The maximum absolute atomic E-state index is 13.6. The van der Waals surface area contributed by atoms with Crippen molar-refractivity contribution >= 4 is 23.1 Å². The van der Waals surface area contributed by atoms with Crippen LogP contribution in [0.15, 0.2) is 42.7 Å². The summed E-state index contributed by atoms with van der Waals surface area (Å²) in [5, 5.41) is 0.796. The standard InChI is InChI=1S/C22H24ClFN4/c1-15-8-20(24)25-21(9-15)27-13-22(14-27)11-26(12-22)16(2)28-7-3-4-17-10-18(23)5-6-19(17)28/h5-6,8-10H,2-4,7,11-14H2,1H3. The Morgan fingerprint density at radius 1 is 1.18 bits per heavy atom. The van der Waals surface area contributed by atoms with Crippen molar-refractivity contribution in [1.82, 2.24) is 9.88 Å². The van der Waals surface area contributed by atoms with Crippen LogP contribution in [0.4, 0.5) is 15.9 Å². The van der Waals surface area contributed by atoms with Crippen LogP contribution in [0.25, 0.3) is 0 Å². The SMILES string of the molecule is C=C(N1CC2(C1)CN(c1cc(C)cc(F)n1)C2)N1CCCc2cc(Cl)ccc21. The minimum Gasteiger partial charge on any atom is -0.357 e. The van der Waals surface area contributed by atoms with Gasteiger partial charge in [-0.3, -0.25) is 0 Å². The van der Waals surface area contributed by atoms with Crippen LogP contribution >= 0.6 is 11.6 Å². The first kappa shape index (κ1) is 17.8. The van der Waals surface area contributed by atoms with Gasteiger partial charge >= 0.3 is 0 Å². The number of benzene rings is 1. The summed E-state index contributed by atoms with van der Waals surface area (Å²) >= 11 is 6.17. The van der Waals surface area contributed by atoms with E-state index in [1.54, 1.807) is 0 Å². The van der Waals surface area contributed by atoms with Crippen molar-refractivity contribution in [3.05, 3.63) is 64.8 Å². The second kappa shape index (κ2) is 6.38. The molecule has 2 aromatic rings. The number of aryl methyl sites for hydroxylation is 2. The molecule has 5 rings (SSSR count). The smallest absolute Gasteiger partial charge is 0.215 e. The van der Waals surface area contributed by atoms with Gasteiger partial charge in [0.2, 0.25) is 5.95 Å². The van der Waals surface area contributed by atoms with Gasteiger partial charge in [-0.1, -0.05) is 18.2 Å². The number of aromatic nitrogens is 1. The first-order chi connectivity index (χ1) is 13.4. The van der Waals surface area contributed by atoms with Crippen LogP contribution < -0.4 is 9.80 Å². The van der Waals surface area contributed by atoms with Crippen LogP contribution in [0.5, 0.6) is 0 Å². The summed E-state index contributed by atoms with van der Waals surface area (Å²) in [6, 6.07) is 9.58. The zero-order valence-corrected chi connectivity index (χ0v) is 16.8. The lowest BCUT2D eigenvalue weighted by Gasteiger charge is -2.62. The van der Waals surface area contributed by atoms with Crippen molar-refractivity contribution in [1.29, 1.82) is 0 Å². The fraction of sp³-hybridized carbons (Fsp3) is 0.409. The van der Waals surface area contributed by atoms with Gasteiger partial charge in [0, 0.05) is 48.8 Å². The third-order valence-corrected chi connectivity index (χ3v) is 6.43. The van der Waals surface area contributed by atoms with Gasteiger partial charge in [0.15, 0.2) is 0 Å². The monoisotopic (exact) mass is 398 g/mol. The van der Waals surface area contributed by atoms with Crippen molar-refractivity contribution in [2.24, 2.45) is 5.41 Å². The Morgan fingerprint density at radius 3 is 2.71 bits per heavy atom. The highest BCUT2D eigenvalue weighted by molar-refractivity contribution is 6.30. The maximum Gasteiger partial charge on any atom is 0.215 e. The summed E-state index contributed by atoms with van der Waals surface area (Å²) in [5.74, 6) is 1.43. The largest absolute Gasteiger partial charge is 0.357 e. The minimum absolute atomic E-state index is 0.281. The second-order valence-corrected chi connectivity index (χ2v) is 8.92. The lowest BCUT2D eigenvalue weighted by molar-refractivity contribution is 0.00137. The van der Waals surface area contributed by atoms with Crippen LogP contribution in [0.1, 0.15) is 17.5 Å². The highest BCUT2D eigenvalue weighted by atomic mass is 35.5. The van der Waals surface area contributed by atoms with E-state index in [-0.39, 0.29) is 5.41 Å². The Bertz CT molecular complexity index is 925. The molecule has 146 valence electrons. The van der Waals surface area contributed by atoms with E-state index in [0.29, 0.717) is 0 Å². The molecule has 0 atom stereocenters. The topological polar surface area (TPSA) is 22.6 Å². The molecule has 0 amide bonds. The fourth-order valence-corrected chi connectivity index (χ4v) is 5.04. The number of hydrogen-bond acceptors (Lipinski definition) is 4. The van der Waals surface area contributed by atoms with Gasteiger partial charge < -0.3 is 14.7 Å². The lowest BCUT2D eigenvalue weighted by atomic mass is 9.72. The van der Waals surface area contributed by atoms with Crippen molar-refractivity contribution in [2.45, 2.75) is 19.8 Å². The number of anilines is 2. The molecule has 0 unspecified atom stereocenters. The highest BCUT2D eigenvalue weighted by Gasteiger charge is 2.53. The molecule has 3 aliphatic heterocycles. The zero-order valence-electron chi connectivity index (χ0n) is 16.1. The molecule has 0 N–H and O–H groups in total. The lowest BCUT2D eigenvalue weighted by Crippen LogP contribution is -2.72. The molecule has 2 saturated heterocycles. The molecule has 2 fully saturated rings. The molecule has 1 aromatic heterocycles. The van der Waals surface area contributed by atoms with Crippen LogP contribution in [-0.4, -0.2) is 42.6 Å².